The predicted octanol–water partition coefficient (Wildman–Crippen LogP) is 2.24. The first-order valence-electron chi connectivity index (χ1n) is 4.68. The van der Waals surface area contributed by atoms with E-state index in [1.165, 1.54) is 11.1 Å². The first-order valence-corrected chi connectivity index (χ1v) is 6.08. The minimum absolute atomic E-state index is 0.767. The summed E-state index contributed by atoms with van der Waals surface area (Å²) in [7, 11) is 0. The van der Waals surface area contributed by atoms with Gasteiger partial charge in [-0.2, -0.15) is 11.8 Å². The van der Waals surface area contributed by atoms with E-state index in [1.807, 2.05) is 11.8 Å². The van der Waals surface area contributed by atoms with Gasteiger partial charge in [0.2, 0.25) is 0 Å². The van der Waals surface area contributed by atoms with Gasteiger partial charge in [0.15, 0.2) is 0 Å². The van der Waals surface area contributed by atoms with Gasteiger partial charge in [0.05, 0.1) is 0 Å². The van der Waals surface area contributed by atoms with Gasteiger partial charge in [0.25, 0.3) is 0 Å². The fourth-order valence-corrected chi connectivity index (χ4v) is 2.10. The van der Waals surface area contributed by atoms with Crippen molar-refractivity contribution in [3.63, 3.8) is 0 Å². The lowest BCUT2D eigenvalue weighted by Gasteiger charge is -2.27. The smallest absolute Gasteiger partial charge is 0.0181 e. The quantitative estimate of drug-likeness (QED) is 0.790. The predicted molar refractivity (Wildman–Crippen MR) is 59.3 cm³/mol. The normalized spacial score (nSPS) is 17.0. The zero-order valence-corrected chi connectivity index (χ0v) is 8.73. The molecular formula is C11H15NS. The van der Waals surface area contributed by atoms with Crippen LogP contribution in [0.3, 0.4) is 0 Å². The lowest BCUT2D eigenvalue weighted by molar-refractivity contribution is 0.448. The highest BCUT2D eigenvalue weighted by Crippen LogP contribution is 2.20. The van der Waals surface area contributed by atoms with Crippen LogP contribution in [0, 0.1) is 0 Å². The van der Waals surface area contributed by atoms with E-state index in [2.05, 4.69) is 35.8 Å². The molecule has 0 spiro atoms. The minimum atomic E-state index is 0.767. The zero-order chi connectivity index (χ0) is 9.10. The standard InChI is InChI=1S/C11H15NS/c1-13-8-9-2-4-10(5-3-9)11-6-12-7-11/h2-5,11-12H,6-8H2,1H3. The van der Waals surface area contributed by atoms with E-state index < -0.39 is 0 Å². The van der Waals surface area contributed by atoms with Crippen LogP contribution in [0.1, 0.15) is 17.0 Å². The highest BCUT2D eigenvalue weighted by molar-refractivity contribution is 7.97. The maximum atomic E-state index is 3.30. The number of thioether (sulfide) groups is 1. The molecule has 0 radical (unpaired) electrons. The van der Waals surface area contributed by atoms with Gasteiger partial charge >= 0.3 is 0 Å². The Bertz CT molecular complexity index is 264. The zero-order valence-electron chi connectivity index (χ0n) is 7.92. The third kappa shape index (κ3) is 2.06. The summed E-state index contributed by atoms with van der Waals surface area (Å²) < 4.78 is 0. The van der Waals surface area contributed by atoms with Gasteiger partial charge in [0, 0.05) is 24.8 Å². The van der Waals surface area contributed by atoms with Crippen molar-refractivity contribution in [3.05, 3.63) is 35.4 Å². The van der Waals surface area contributed by atoms with Gasteiger partial charge in [-0.3, -0.25) is 0 Å². The van der Waals surface area contributed by atoms with Gasteiger partial charge in [-0.15, -0.1) is 0 Å². The van der Waals surface area contributed by atoms with Gasteiger partial charge in [-0.05, 0) is 17.4 Å². The minimum Gasteiger partial charge on any atom is -0.315 e. The SMILES string of the molecule is CSCc1ccc(C2CNC2)cc1. The van der Waals surface area contributed by atoms with E-state index in [9.17, 15) is 0 Å². The molecule has 1 nitrogen and oxygen atoms in total. The molecule has 0 amide bonds. The van der Waals surface area contributed by atoms with Crippen LogP contribution in [-0.4, -0.2) is 19.3 Å². The van der Waals surface area contributed by atoms with Crippen molar-refractivity contribution in [1.82, 2.24) is 5.32 Å². The van der Waals surface area contributed by atoms with Gasteiger partial charge in [0.1, 0.15) is 0 Å². The molecule has 0 saturated carbocycles. The molecule has 70 valence electrons. The molecule has 1 heterocycles. The van der Waals surface area contributed by atoms with Crippen molar-refractivity contribution < 1.29 is 0 Å². The van der Waals surface area contributed by atoms with E-state index in [4.69, 9.17) is 0 Å². The van der Waals surface area contributed by atoms with Crippen LogP contribution in [-0.2, 0) is 5.75 Å². The second kappa shape index (κ2) is 4.16. The summed E-state index contributed by atoms with van der Waals surface area (Å²) >= 11 is 1.88. The van der Waals surface area contributed by atoms with E-state index >= 15 is 0 Å². The third-order valence-corrected chi connectivity index (χ3v) is 3.17. The summed E-state index contributed by atoms with van der Waals surface area (Å²) in [5.41, 5.74) is 2.92. The van der Waals surface area contributed by atoms with E-state index in [0.717, 1.165) is 24.8 Å². The van der Waals surface area contributed by atoms with Gasteiger partial charge < -0.3 is 5.32 Å². The molecular weight excluding hydrogens is 178 g/mol. The van der Waals surface area contributed by atoms with Crippen LogP contribution < -0.4 is 5.32 Å². The molecule has 2 heteroatoms. The number of rotatable bonds is 3. The van der Waals surface area contributed by atoms with Crippen LogP contribution in [0.4, 0.5) is 0 Å². The van der Waals surface area contributed by atoms with Crippen molar-refractivity contribution in [1.29, 1.82) is 0 Å². The van der Waals surface area contributed by atoms with Gasteiger partial charge in [-0.25, -0.2) is 0 Å². The van der Waals surface area contributed by atoms with Crippen LogP contribution in [0.15, 0.2) is 24.3 Å². The monoisotopic (exact) mass is 193 g/mol. The molecule has 1 aliphatic heterocycles. The second-order valence-electron chi connectivity index (χ2n) is 3.53. The second-order valence-corrected chi connectivity index (χ2v) is 4.40. The lowest BCUT2D eigenvalue weighted by atomic mass is 9.93. The maximum absolute atomic E-state index is 3.30. The van der Waals surface area contributed by atoms with Crippen LogP contribution in [0.2, 0.25) is 0 Å². The summed E-state index contributed by atoms with van der Waals surface area (Å²) in [6.07, 6.45) is 2.14. The molecule has 1 aromatic rings. The summed E-state index contributed by atoms with van der Waals surface area (Å²) in [6, 6.07) is 9.06. The van der Waals surface area contributed by atoms with Crippen LogP contribution in [0.5, 0.6) is 0 Å². The Morgan fingerprint density at radius 1 is 1.31 bits per heavy atom. The van der Waals surface area contributed by atoms with Crippen molar-refractivity contribution in [2.75, 3.05) is 19.3 Å². The lowest BCUT2D eigenvalue weighted by Crippen LogP contribution is -2.39. The fraction of sp³-hybridized carbons (Fsp3) is 0.455. The molecule has 1 aromatic carbocycles. The number of hydrogen-bond acceptors (Lipinski definition) is 2. The molecule has 1 N–H and O–H groups in total. The van der Waals surface area contributed by atoms with Crippen molar-refractivity contribution in [2.24, 2.45) is 0 Å². The Hall–Kier alpha value is -0.470. The highest BCUT2D eigenvalue weighted by atomic mass is 32.2. The summed E-state index contributed by atoms with van der Waals surface area (Å²) in [4.78, 5) is 0. The maximum Gasteiger partial charge on any atom is 0.0181 e. The molecule has 0 aliphatic carbocycles. The molecule has 0 bridgehead atoms. The number of hydrogen-bond donors (Lipinski definition) is 1. The summed E-state index contributed by atoms with van der Waals surface area (Å²) in [6.45, 7) is 2.31. The van der Waals surface area contributed by atoms with E-state index in [-0.39, 0.29) is 0 Å². The molecule has 0 unspecified atom stereocenters. The Morgan fingerprint density at radius 3 is 2.46 bits per heavy atom. The molecule has 1 fully saturated rings. The highest BCUT2D eigenvalue weighted by Gasteiger charge is 2.17. The van der Waals surface area contributed by atoms with Crippen molar-refractivity contribution in [3.8, 4) is 0 Å². The molecule has 1 aliphatic rings. The van der Waals surface area contributed by atoms with E-state index in [1.54, 1.807) is 0 Å². The molecule has 1 saturated heterocycles. The van der Waals surface area contributed by atoms with Crippen LogP contribution >= 0.6 is 11.8 Å². The Morgan fingerprint density at radius 2 is 2.00 bits per heavy atom. The molecule has 0 aromatic heterocycles. The Balaban J connectivity index is 2.04. The number of benzene rings is 1. The van der Waals surface area contributed by atoms with Crippen molar-refractivity contribution in [2.45, 2.75) is 11.7 Å². The van der Waals surface area contributed by atoms with E-state index in [0.29, 0.717) is 0 Å². The summed E-state index contributed by atoms with van der Waals surface area (Å²) in [5, 5.41) is 3.30. The topological polar surface area (TPSA) is 12.0 Å². The summed E-state index contributed by atoms with van der Waals surface area (Å²) in [5.74, 6) is 1.90. The van der Waals surface area contributed by atoms with Gasteiger partial charge in [-0.1, -0.05) is 24.3 Å². The first kappa shape index (κ1) is 9.10. The fourth-order valence-electron chi connectivity index (χ4n) is 1.58. The Kier molecular flexibility index (Phi) is 2.91. The van der Waals surface area contributed by atoms with Crippen LogP contribution in [0.25, 0.3) is 0 Å². The average molecular weight is 193 g/mol. The molecule has 2 rings (SSSR count). The average Bonchev–Trinajstić information content (AvgIpc) is 2.06. The third-order valence-electron chi connectivity index (χ3n) is 2.54. The molecule has 13 heavy (non-hydrogen) atoms. The molecule has 0 atom stereocenters. The largest absolute Gasteiger partial charge is 0.315 e. The first-order chi connectivity index (χ1) is 6.40. The Labute approximate surface area is 83.9 Å². The van der Waals surface area contributed by atoms with Crippen molar-refractivity contribution >= 4 is 11.8 Å². The number of nitrogens with one attached hydrogen (secondary N) is 1.